The molecule has 0 aromatic heterocycles. The Kier molecular flexibility index (Phi) is 17.7. The number of esters is 1. The third kappa shape index (κ3) is 12.6. The normalized spacial score (nSPS) is 10.3. The van der Waals surface area contributed by atoms with Crippen molar-refractivity contribution in [3.8, 4) is 33.4 Å². The minimum atomic E-state index is -5.13. The molecule has 0 heterocycles. The molecule has 2 unspecified atom stereocenters. The largest absolute Gasteiger partial charge is 0.461 e. The summed E-state index contributed by atoms with van der Waals surface area (Å²) < 4.78 is 37.9. The maximum absolute atomic E-state index is 11.4. The molecule has 8 aromatic rings. The van der Waals surface area contributed by atoms with Crippen LogP contribution < -0.4 is 10.6 Å². The van der Waals surface area contributed by atoms with Crippen LogP contribution in [0.4, 0.5) is 13.2 Å². The number of ether oxygens (including phenoxy) is 1. The molecule has 0 bridgehead atoms. The summed E-state index contributed by atoms with van der Waals surface area (Å²) in [7, 11) is 5.79. The standard InChI is InChI=1S/C20H16P2.2C12H10.C5H5F3O3.Pd/c21-17-11-9-13-5-1-3-7-15(13)19(17)20-16-8-4-2-6-14(16)10-12-18(20)22;2*1-3-7-11(8-4-1)12-9-5-2-6-10-12;1-2-11-4(10)3(9)5(6,7)8;/h1-12H,21-22H2;2*1-10H;2H2,1H3;. The summed E-state index contributed by atoms with van der Waals surface area (Å²) in [5, 5.41) is 7.63. The summed E-state index contributed by atoms with van der Waals surface area (Å²) in [5.41, 5.74) is 7.72. The van der Waals surface area contributed by atoms with Crippen LogP contribution >= 0.6 is 18.5 Å². The molecule has 0 aliphatic carbocycles. The second-order valence-corrected chi connectivity index (χ2v) is 13.8. The van der Waals surface area contributed by atoms with Crippen molar-refractivity contribution in [3.05, 3.63) is 194 Å². The van der Waals surface area contributed by atoms with Crippen LogP contribution in [0.2, 0.25) is 0 Å². The predicted octanol–water partition coefficient (Wildman–Crippen LogP) is 12.0. The molecule has 8 aromatic carbocycles. The number of hydrogen-bond donors (Lipinski definition) is 0. The average molecular weight is 903 g/mol. The van der Waals surface area contributed by atoms with Gasteiger partial charge in [0.15, 0.2) is 0 Å². The molecule has 0 amide bonds. The van der Waals surface area contributed by atoms with Gasteiger partial charge >= 0.3 is 17.9 Å². The molecule has 296 valence electrons. The van der Waals surface area contributed by atoms with Gasteiger partial charge in [0.2, 0.25) is 0 Å². The maximum atomic E-state index is 11.4. The fourth-order valence-electron chi connectivity index (χ4n) is 5.97. The molecule has 9 heteroatoms. The molecule has 0 saturated heterocycles. The van der Waals surface area contributed by atoms with E-state index in [1.807, 2.05) is 24.3 Å². The maximum Gasteiger partial charge on any atom is 0.461 e. The number of Topliss-reactive ketones (excluding diaryl/α,β-unsaturated/α-hetero) is 1. The second kappa shape index (κ2) is 22.6. The third-order valence-electron chi connectivity index (χ3n) is 8.65. The summed E-state index contributed by atoms with van der Waals surface area (Å²) in [6, 6.07) is 67.5. The molecule has 0 aliphatic heterocycles. The molecule has 3 nitrogen and oxygen atoms in total. The van der Waals surface area contributed by atoms with Gasteiger partial charge in [0.1, 0.15) is 0 Å². The number of ketones is 1. The van der Waals surface area contributed by atoms with Gasteiger partial charge in [-0.05, 0) is 72.5 Å². The van der Waals surface area contributed by atoms with Crippen LogP contribution in [0, 0.1) is 0 Å². The first-order valence-corrected chi connectivity index (χ1v) is 19.3. The fourth-order valence-corrected chi connectivity index (χ4v) is 6.76. The van der Waals surface area contributed by atoms with Crippen LogP contribution in [0.25, 0.3) is 54.9 Å². The Balaban J connectivity index is 0.000000180. The van der Waals surface area contributed by atoms with E-state index in [0.29, 0.717) is 0 Å². The monoisotopic (exact) mass is 902 g/mol. The predicted molar refractivity (Wildman–Crippen MR) is 237 cm³/mol. The van der Waals surface area contributed by atoms with E-state index in [2.05, 4.69) is 193 Å². The van der Waals surface area contributed by atoms with E-state index in [0.717, 1.165) is 0 Å². The van der Waals surface area contributed by atoms with E-state index < -0.39 is 17.9 Å². The Labute approximate surface area is 355 Å². The van der Waals surface area contributed by atoms with Gasteiger partial charge in [-0.1, -0.05) is 194 Å². The van der Waals surface area contributed by atoms with E-state index in [1.165, 1.54) is 72.5 Å². The fraction of sp³-hybridized carbons (Fsp3) is 0.0612. The Hall–Kier alpha value is -5.27. The Morgan fingerprint density at radius 3 is 1.05 bits per heavy atom. The zero-order chi connectivity index (χ0) is 40.6. The van der Waals surface area contributed by atoms with Crippen LogP contribution in [0.15, 0.2) is 194 Å². The minimum Gasteiger partial charge on any atom is -0.460 e. The summed E-state index contributed by atoms with van der Waals surface area (Å²) in [6.45, 7) is 1.06. The van der Waals surface area contributed by atoms with Gasteiger partial charge in [-0.2, -0.15) is 13.2 Å². The molecule has 0 fully saturated rings. The molecule has 0 spiro atoms. The molecule has 0 aliphatic rings. The first kappa shape index (κ1) is 45.4. The van der Waals surface area contributed by atoms with Crippen LogP contribution in [0.3, 0.4) is 0 Å². The van der Waals surface area contributed by atoms with Crippen molar-refractivity contribution < 1.29 is 47.9 Å². The van der Waals surface area contributed by atoms with Crippen LogP contribution in [0.5, 0.6) is 0 Å². The van der Waals surface area contributed by atoms with Crippen molar-refractivity contribution in [2.75, 3.05) is 6.61 Å². The van der Waals surface area contributed by atoms with Gasteiger partial charge < -0.3 is 4.74 Å². The Morgan fingerprint density at radius 1 is 0.466 bits per heavy atom. The summed E-state index contributed by atoms with van der Waals surface area (Å²) in [6.07, 6.45) is -5.13. The SMILES string of the molecule is CCOC(=O)C(=O)C(F)(F)F.Pc1ccc2ccccc2c1-c1c(P)ccc2ccccc12.[Pd].c1ccc(-c2ccccc2)cc1.c1ccc(-c2ccccc2)cc1. The van der Waals surface area contributed by atoms with Gasteiger partial charge in [-0.25, -0.2) is 4.79 Å². The zero-order valence-electron chi connectivity index (χ0n) is 31.5. The number of rotatable bonds is 5. The smallest absolute Gasteiger partial charge is 0.460 e. The topological polar surface area (TPSA) is 43.4 Å². The van der Waals surface area contributed by atoms with Gasteiger partial charge in [-0.3, -0.25) is 4.79 Å². The van der Waals surface area contributed by atoms with Crippen LogP contribution in [-0.2, 0) is 34.7 Å². The molecule has 8 rings (SSSR count). The molecule has 0 radical (unpaired) electrons. The number of fused-ring (bicyclic) bond motifs is 2. The van der Waals surface area contributed by atoms with E-state index in [1.54, 1.807) is 0 Å². The average Bonchev–Trinajstić information content (AvgIpc) is 3.25. The molecular formula is C49H41F3O3P2Pd. The van der Waals surface area contributed by atoms with Crippen molar-refractivity contribution in [1.82, 2.24) is 0 Å². The van der Waals surface area contributed by atoms with E-state index in [4.69, 9.17) is 0 Å². The Bertz CT molecular complexity index is 2280. The van der Waals surface area contributed by atoms with Crippen molar-refractivity contribution >= 4 is 62.4 Å². The second-order valence-electron chi connectivity index (χ2n) is 12.5. The van der Waals surface area contributed by atoms with Gasteiger partial charge in [-0.15, -0.1) is 18.5 Å². The van der Waals surface area contributed by atoms with Gasteiger partial charge in [0.05, 0.1) is 6.61 Å². The van der Waals surface area contributed by atoms with Crippen molar-refractivity contribution in [2.45, 2.75) is 13.1 Å². The minimum absolute atomic E-state index is 0. The van der Waals surface area contributed by atoms with E-state index >= 15 is 0 Å². The first-order valence-electron chi connectivity index (χ1n) is 18.1. The molecule has 0 saturated carbocycles. The number of benzene rings is 8. The third-order valence-corrected chi connectivity index (χ3v) is 9.61. The summed E-state index contributed by atoms with van der Waals surface area (Å²) in [4.78, 5) is 20.1. The molecule has 2 atom stereocenters. The summed E-state index contributed by atoms with van der Waals surface area (Å²) in [5.74, 6) is -4.33. The first-order chi connectivity index (χ1) is 27.6. The van der Waals surface area contributed by atoms with E-state index in [-0.39, 0.29) is 27.0 Å². The molecular weight excluding hydrogens is 862 g/mol. The van der Waals surface area contributed by atoms with Crippen molar-refractivity contribution in [3.63, 3.8) is 0 Å². The Morgan fingerprint density at radius 2 is 0.759 bits per heavy atom. The van der Waals surface area contributed by atoms with Crippen LogP contribution in [0.1, 0.15) is 6.92 Å². The molecule has 58 heavy (non-hydrogen) atoms. The van der Waals surface area contributed by atoms with E-state index in [9.17, 15) is 22.8 Å². The number of alkyl halides is 3. The van der Waals surface area contributed by atoms with Gasteiger partial charge in [0, 0.05) is 20.4 Å². The number of halogens is 3. The van der Waals surface area contributed by atoms with Crippen molar-refractivity contribution in [2.24, 2.45) is 0 Å². The van der Waals surface area contributed by atoms with Gasteiger partial charge in [0.25, 0.3) is 0 Å². The van der Waals surface area contributed by atoms with Crippen LogP contribution in [-0.4, -0.2) is 24.5 Å². The van der Waals surface area contributed by atoms with Crippen molar-refractivity contribution in [1.29, 1.82) is 0 Å². The summed E-state index contributed by atoms with van der Waals surface area (Å²) >= 11 is 0. The number of carbonyl (C=O) groups is 2. The number of hydrogen-bond acceptors (Lipinski definition) is 3. The zero-order valence-corrected chi connectivity index (χ0v) is 35.4. The molecule has 0 N–H and O–H groups in total. The quantitative estimate of drug-likeness (QED) is 0.0748. The number of carbonyl (C=O) groups excluding carboxylic acids is 2.